The van der Waals surface area contributed by atoms with Crippen LogP contribution in [0.5, 0.6) is 5.75 Å². The van der Waals surface area contributed by atoms with E-state index in [0.717, 1.165) is 12.0 Å². The molecule has 0 amide bonds. The average molecular weight is 267 g/mol. The lowest BCUT2D eigenvalue weighted by molar-refractivity contribution is 0.299. The van der Waals surface area contributed by atoms with Crippen LogP contribution < -0.4 is 10.5 Å². The van der Waals surface area contributed by atoms with Crippen LogP contribution in [0.15, 0.2) is 18.2 Å². The Bertz CT molecular complexity index is 366. The third-order valence-corrected chi connectivity index (χ3v) is 3.22. The molecule has 2 N–H and O–H groups in total. The van der Waals surface area contributed by atoms with Crippen molar-refractivity contribution in [2.24, 2.45) is 5.73 Å². The predicted octanol–water partition coefficient (Wildman–Crippen LogP) is 4.58. The highest BCUT2D eigenvalue weighted by Crippen LogP contribution is 2.25. The minimum atomic E-state index is -0.265. The maximum atomic E-state index is 13.2. The van der Waals surface area contributed by atoms with E-state index in [4.69, 9.17) is 10.5 Å². The summed E-state index contributed by atoms with van der Waals surface area (Å²) in [6.07, 6.45) is 7.38. The van der Waals surface area contributed by atoms with Gasteiger partial charge in [-0.05, 0) is 31.5 Å². The number of halogens is 1. The Balaban J connectivity index is 2.33. The van der Waals surface area contributed by atoms with E-state index in [1.54, 1.807) is 6.07 Å². The molecule has 2 nitrogen and oxygen atoms in total. The lowest BCUT2D eigenvalue weighted by Gasteiger charge is -2.14. The van der Waals surface area contributed by atoms with Crippen molar-refractivity contribution in [2.75, 3.05) is 6.61 Å². The van der Waals surface area contributed by atoms with E-state index in [2.05, 4.69) is 6.92 Å². The Kier molecular flexibility index (Phi) is 7.49. The van der Waals surface area contributed by atoms with Crippen LogP contribution >= 0.6 is 0 Å². The Labute approximate surface area is 116 Å². The van der Waals surface area contributed by atoms with Crippen LogP contribution in [0.2, 0.25) is 0 Å². The number of unbranched alkanes of at least 4 members (excludes halogenated alkanes) is 5. The van der Waals surface area contributed by atoms with Gasteiger partial charge in [0.05, 0.1) is 6.61 Å². The van der Waals surface area contributed by atoms with Gasteiger partial charge in [-0.25, -0.2) is 4.39 Å². The summed E-state index contributed by atoms with van der Waals surface area (Å²) in [5.41, 5.74) is 6.56. The van der Waals surface area contributed by atoms with Crippen LogP contribution in [0.1, 0.15) is 64.0 Å². The first-order valence-electron chi connectivity index (χ1n) is 7.33. The van der Waals surface area contributed by atoms with Crippen molar-refractivity contribution in [1.29, 1.82) is 0 Å². The molecule has 19 heavy (non-hydrogen) atoms. The highest BCUT2D eigenvalue weighted by molar-refractivity contribution is 5.36. The summed E-state index contributed by atoms with van der Waals surface area (Å²) in [5.74, 6) is 0.448. The van der Waals surface area contributed by atoms with Crippen LogP contribution in [0.4, 0.5) is 4.39 Å². The lowest BCUT2D eigenvalue weighted by atomic mass is 10.1. The smallest absolute Gasteiger partial charge is 0.124 e. The topological polar surface area (TPSA) is 35.2 Å². The molecule has 0 aliphatic rings. The van der Waals surface area contributed by atoms with Gasteiger partial charge in [-0.15, -0.1) is 0 Å². The number of nitrogens with two attached hydrogens (primary N) is 1. The van der Waals surface area contributed by atoms with Crippen molar-refractivity contribution in [3.63, 3.8) is 0 Å². The van der Waals surface area contributed by atoms with Gasteiger partial charge in [0.2, 0.25) is 0 Å². The molecule has 0 fully saturated rings. The van der Waals surface area contributed by atoms with E-state index >= 15 is 0 Å². The molecule has 0 bridgehead atoms. The van der Waals surface area contributed by atoms with Crippen LogP contribution in [0.3, 0.4) is 0 Å². The predicted molar refractivity (Wildman–Crippen MR) is 77.9 cm³/mol. The summed E-state index contributed by atoms with van der Waals surface area (Å²) in [4.78, 5) is 0. The van der Waals surface area contributed by atoms with Gasteiger partial charge in [-0.1, -0.05) is 39.0 Å². The Morgan fingerprint density at radius 3 is 2.53 bits per heavy atom. The summed E-state index contributed by atoms with van der Waals surface area (Å²) in [6, 6.07) is 4.34. The zero-order valence-corrected chi connectivity index (χ0v) is 12.1. The average Bonchev–Trinajstić information content (AvgIpc) is 2.39. The number of hydrogen-bond donors (Lipinski definition) is 1. The highest BCUT2D eigenvalue weighted by Gasteiger charge is 2.09. The number of rotatable bonds is 9. The van der Waals surface area contributed by atoms with Crippen molar-refractivity contribution in [3.05, 3.63) is 29.6 Å². The standard InChI is InChI=1S/C16H26FNO/c1-3-4-5-6-7-8-11-19-16-10-9-14(17)12-15(16)13(2)18/h9-10,12-13H,3-8,11,18H2,1-2H3/t13-/m0/s1. The van der Waals surface area contributed by atoms with E-state index in [1.807, 2.05) is 6.92 Å². The largest absolute Gasteiger partial charge is 0.493 e. The molecule has 0 saturated heterocycles. The van der Waals surface area contributed by atoms with E-state index < -0.39 is 0 Å². The van der Waals surface area contributed by atoms with Crippen LogP contribution in [0, 0.1) is 5.82 Å². The minimum absolute atomic E-state index is 0.213. The molecule has 0 spiro atoms. The quantitative estimate of drug-likeness (QED) is 0.664. The summed E-state index contributed by atoms with van der Waals surface area (Å²) < 4.78 is 18.9. The first kappa shape index (κ1) is 16.0. The molecule has 0 radical (unpaired) electrons. The van der Waals surface area contributed by atoms with Crippen molar-refractivity contribution in [3.8, 4) is 5.75 Å². The second-order valence-electron chi connectivity index (χ2n) is 5.09. The normalized spacial score (nSPS) is 12.4. The van der Waals surface area contributed by atoms with Crippen molar-refractivity contribution >= 4 is 0 Å². The van der Waals surface area contributed by atoms with E-state index in [1.165, 1.54) is 44.2 Å². The van der Waals surface area contributed by atoms with Crippen molar-refractivity contribution in [2.45, 2.75) is 58.4 Å². The summed E-state index contributed by atoms with van der Waals surface area (Å²) in [5, 5.41) is 0. The maximum absolute atomic E-state index is 13.2. The molecule has 0 unspecified atom stereocenters. The molecule has 0 heterocycles. The van der Waals surface area contributed by atoms with Crippen molar-refractivity contribution in [1.82, 2.24) is 0 Å². The molecule has 0 saturated carbocycles. The second kappa shape index (κ2) is 8.92. The highest BCUT2D eigenvalue weighted by atomic mass is 19.1. The fourth-order valence-corrected chi connectivity index (χ4v) is 2.07. The minimum Gasteiger partial charge on any atom is -0.493 e. The summed E-state index contributed by atoms with van der Waals surface area (Å²) in [6.45, 7) is 4.73. The zero-order valence-electron chi connectivity index (χ0n) is 12.1. The number of hydrogen-bond acceptors (Lipinski definition) is 2. The monoisotopic (exact) mass is 267 g/mol. The molecular weight excluding hydrogens is 241 g/mol. The fourth-order valence-electron chi connectivity index (χ4n) is 2.07. The molecular formula is C16H26FNO. The van der Waals surface area contributed by atoms with Gasteiger partial charge in [-0.3, -0.25) is 0 Å². The van der Waals surface area contributed by atoms with Gasteiger partial charge in [0.25, 0.3) is 0 Å². The van der Waals surface area contributed by atoms with Gasteiger partial charge in [-0.2, -0.15) is 0 Å². The molecule has 1 atom stereocenters. The van der Waals surface area contributed by atoms with E-state index in [9.17, 15) is 4.39 Å². The molecule has 1 aromatic rings. The van der Waals surface area contributed by atoms with Gasteiger partial charge in [0.15, 0.2) is 0 Å². The van der Waals surface area contributed by atoms with Crippen LogP contribution in [-0.2, 0) is 0 Å². The second-order valence-corrected chi connectivity index (χ2v) is 5.09. The number of benzene rings is 1. The van der Waals surface area contributed by atoms with Crippen LogP contribution in [-0.4, -0.2) is 6.61 Å². The van der Waals surface area contributed by atoms with Crippen molar-refractivity contribution < 1.29 is 9.13 Å². The Morgan fingerprint density at radius 1 is 1.16 bits per heavy atom. The Morgan fingerprint density at radius 2 is 1.84 bits per heavy atom. The maximum Gasteiger partial charge on any atom is 0.124 e. The zero-order chi connectivity index (χ0) is 14.1. The fraction of sp³-hybridized carbons (Fsp3) is 0.625. The van der Waals surface area contributed by atoms with Gasteiger partial charge in [0.1, 0.15) is 11.6 Å². The number of ether oxygens (including phenoxy) is 1. The first-order valence-corrected chi connectivity index (χ1v) is 7.33. The van der Waals surface area contributed by atoms with Gasteiger partial charge in [0, 0.05) is 11.6 Å². The molecule has 0 aliphatic heterocycles. The molecule has 1 rings (SSSR count). The molecule has 0 aliphatic carbocycles. The lowest BCUT2D eigenvalue weighted by Crippen LogP contribution is -2.09. The van der Waals surface area contributed by atoms with Gasteiger partial charge >= 0.3 is 0 Å². The first-order chi connectivity index (χ1) is 9.15. The van der Waals surface area contributed by atoms with E-state index in [-0.39, 0.29) is 11.9 Å². The van der Waals surface area contributed by atoms with Crippen LogP contribution in [0.25, 0.3) is 0 Å². The van der Waals surface area contributed by atoms with Gasteiger partial charge < -0.3 is 10.5 Å². The molecule has 0 aromatic heterocycles. The van der Waals surface area contributed by atoms with E-state index in [0.29, 0.717) is 12.4 Å². The molecule has 3 heteroatoms. The Hall–Kier alpha value is -1.09. The molecule has 1 aromatic carbocycles. The third kappa shape index (κ3) is 6.06. The molecule has 108 valence electrons. The summed E-state index contributed by atoms with van der Waals surface area (Å²) in [7, 11) is 0. The SMILES string of the molecule is CCCCCCCCOc1ccc(F)cc1[C@H](C)N. The third-order valence-electron chi connectivity index (χ3n) is 3.22. The summed E-state index contributed by atoms with van der Waals surface area (Å²) >= 11 is 0.